The van der Waals surface area contributed by atoms with Crippen LogP contribution < -0.4 is 15.0 Å². The number of fused-ring (bicyclic) bond motifs is 1. The number of morpholine rings is 1. The molecule has 31 heavy (non-hydrogen) atoms. The van der Waals surface area contributed by atoms with Crippen molar-refractivity contribution in [1.82, 2.24) is 29.5 Å². The van der Waals surface area contributed by atoms with Crippen molar-refractivity contribution in [2.45, 2.75) is 6.54 Å². The van der Waals surface area contributed by atoms with Gasteiger partial charge in [-0.25, -0.2) is 4.98 Å². The lowest BCUT2D eigenvalue weighted by molar-refractivity contribution is 0.122. The summed E-state index contributed by atoms with van der Waals surface area (Å²) in [5.41, 5.74) is 2.63. The largest absolute Gasteiger partial charge is 0.497 e. The van der Waals surface area contributed by atoms with Crippen LogP contribution in [0.3, 0.4) is 0 Å². The van der Waals surface area contributed by atoms with Gasteiger partial charge in [0.1, 0.15) is 11.6 Å². The van der Waals surface area contributed by atoms with Crippen LogP contribution in [-0.2, 0) is 11.3 Å². The van der Waals surface area contributed by atoms with Gasteiger partial charge in [0.05, 0.1) is 49.4 Å². The molecule has 2 N–H and O–H groups in total. The van der Waals surface area contributed by atoms with Crippen LogP contribution in [0.1, 0.15) is 5.82 Å². The highest BCUT2D eigenvalue weighted by Crippen LogP contribution is 2.24. The zero-order valence-corrected chi connectivity index (χ0v) is 18.5. The van der Waals surface area contributed by atoms with Gasteiger partial charge < -0.3 is 24.7 Å². The molecule has 1 fully saturated rings. The Kier molecular flexibility index (Phi) is 5.43. The van der Waals surface area contributed by atoms with Gasteiger partial charge in [-0.05, 0) is 28.1 Å². The van der Waals surface area contributed by atoms with Crippen LogP contribution in [0.4, 0.5) is 11.9 Å². The second-order valence-electron chi connectivity index (χ2n) is 7.00. The molecule has 160 valence electrons. The highest BCUT2D eigenvalue weighted by molar-refractivity contribution is 9.10. The lowest BCUT2D eigenvalue weighted by atomic mass is 10.1. The van der Waals surface area contributed by atoms with Crippen molar-refractivity contribution in [1.29, 1.82) is 0 Å². The molecule has 0 spiro atoms. The van der Waals surface area contributed by atoms with Crippen LogP contribution in [0.2, 0.25) is 0 Å². The second kappa shape index (κ2) is 8.52. The van der Waals surface area contributed by atoms with Crippen molar-refractivity contribution in [3.8, 4) is 17.0 Å². The Hall–Kier alpha value is -3.18. The van der Waals surface area contributed by atoms with E-state index in [1.54, 1.807) is 17.8 Å². The first-order valence-corrected chi connectivity index (χ1v) is 10.7. The molecule has 3 aromatic heterocycles. The van der Waals surface area contributed by atoms with E-state index in [0.717, 1.165) is 40.4 Å². The normalized spacial score (nSPS) is 14.2. The number of rotatable bonds is 6. The standard InChI is InChI=1S/C20H21BrN8O2/c1-30-14-4-2-3-13(9-14)16-11-22-17(25-16)12-23-19-27-20(28-5-7-31-8-6-28)26-18-15(21)10-24-29(18)19/h2-4,9-11H,5-8,12H2,1H3,(H,22,25)(H,23,26,27). The summed E-state index contributed by atoms with van der Waals surface area (Å²) < 4.78 is 13.2. The molecule has 10 nitrogen and oxygen atoms in total. The second-order valence-corrected chi connectivity index (χ2v) is 7.86. The summed E-state index contributed by atoms with van der Waals surface area (Å²) in [6.07, 6.45) is 3.52. The molecule has 0 saturated carbocycles. The fourth-order valence-corrected chi connectivity index (χ4v) is 3.76. The van der Waals surface area contributed by atoms with Crippen LogP contribution >= 0.6 is 15.9 Å². The number of benzene rings is 1. The first-order chi connectivity index (χ1) is 15.2. The van der Waals surface area contributed by atoms with Crippen LogP contribution in [0.15, 0.2) is 41.1 Å². The Bertz CT molecular complexity index is 1200. The van der Waals surface area contributed by atoms with E-state index < -0.39 is 0 Å². The van der Waals surface area contributed by atoms with E-state index in [-0.39, 0.29) is 0 Å². The number of aromatic nitrogens is 6. The molecular formula is C20H21BrN8O2. The number of aromatic amines is 1. The molecule has 0 aliphatic carbocycles. The highest BCUT2D eigenvalue weighted by atomic mass is 79.9. The summed E-state index contributed by atoms with van der Waals surface area (Å²) >= 11 is 3.52. The van der Waals surface area contributed by atoms with Gasteiger partial charge >= 0.3 is 0 Å². The molecule has 0 radical (unpaired) electrons. The molecule has 1 saturated heterocycles. The van der Waals surface area contributed by atoms with Gasteiger partial charge in [-0.1, -0.05) is 12.1 Å². The molecule has 1 aliphatic rings. The molecular weight excluding hydrogens is 464 g/mol. The number of anilines is 2. The number of nitrogens with zero attached hydrogens (tertiary/aromatic N) is 6. The predicted molar refractivity (Wildman–Crippen MR) is 119 cm³/mol. The fourth-order valence-electron chi connectivity index (χ4n) is 3.41. The number of halogens is 1. The third kappa shape index (κ3) is 4.06. The SMILES string of the molecule is COc1cccc(-c2cnc(CNc3nc(N4CCOCC4)nc4c(Br)cnn34)[nH]2)c1. The van der Waals surface area contributed by atoms with E-state index in [1.807, 2.05) is 30.5 Å². The van der Waals surface area contributed by atoms with Gasteiger partial charge in [0.25, 0.3) is 0 Å². The molecule has 4 heterocycles. The van der Waals surface area contributed by atoms with Gasteiger partial charge in [0, 0.05) is 18.7 Å². The van der Waals surface area contributed by atoms with E-state index in [4.69, 9.17) is 14.5 Å². The predicted octanol–water partition coefficient (Wildman–Crippen LogP) is 2.73. The highest BCUT2D eigenvalue weighted by Gasteiger charge is 2.18. The summed E-state index contributed by atoms with van der Waals surface area (Å²) in [5, 5.41) is 7.72. The molecule has 0 unspecified atom stereocenters. The topological polar surface area (TPSA) is 105 Å². The van der Waals surface area contributed by atoms with E-state index in [2.05, 4.69) is 46.2 Å². The number of H-pyrrole nitrogens is 1. The van der Waals surface area contributed by atoms with Crippen LogP contribution in [-0.4, -0.2) is 63.0 Å². The third-order valence-electron chi connectivity index (χ3n) is 5.03. The molecule has 11 heteroatoms. The van der Waals surface area contributed by atoms with Gasteiger partial charge in [-0.2, -0.15) is 19.6 Å². The lowest BCUT2D eigenvalue weighted by Crippen LogP contribution is -2.37. The Labute approximate surface area is 186 Å². The van der Waals surface area contributed by atoms with Gasteiger partial charge in [-0.3, -0.25) is 0 Å². The van der Waals surface area contributed by atoms with Crippen LogP contribution in [0, 0.1) is 0 Å². The number of nitrogens with one attached hydrogen (secondary N) is 2. The van der Waals surface area contributed by atoms with Crippen molar-refractivity contribution >= 4 is 33.5 Å². The van der Waals surface area contributed by atoms with Crippen LogP contribution in [0.25, 0.3) is 16.9 Å². The molecule has 4 aromatic rings. The number of ether oxygens (including phenoxy) is 2. The molecule has 0 amide bonds. The monoisotopic (exact) mass is 484 g/mol. The first kappa shape index (κ1) is 19.8. The van der Waals surface area contributed by atoms with Gasteiger partial charge in [0.2, 0.25) is 11.9 Å². The first-order valence-electron chi connectivity index (χ1n) is 9.87. The van der Waals surface area contributed by atoms with Crippen molar-refractivity contribution in [3.05, 3.63) is 47.0 Å². The van der Waals surface area contributed by atoms with Crippen molar-refractivity contribution in [2.75, 3.05) is 43.6 Å². The number of hydrogen-bond donors (Lipinski definition) is 2. The fraction of sp³-hybridized carbons (Fsp3) is 0.300. The van der Waals surface area contributed by atoms with Crippen molar-refractivity contribution in [2.24, 2.45) is 0 Å². The maximum absolute atomic E-state index is 5.45. The smallest absolute Gasteiger partial charge is 0.230 e. The molecule has 1 aliphatic heterocycles. The lowest BCUT2D eigenvalue weighted by Gasteiger charge is -2.27. The quantitative estimate of drug-likeness (QED) is 0.430. The minimum Gasteiger partial charge on any atom is -0.497 e. The summed E-state index contributed by atoms with van der Waals surface area (Å²) in [6.45, 7) is 3.29. The Balaban J connectivity index is 1.39. The summed E-state index contributed by atoms with van der Waals surface area (Å²) in [6, 6.07) is 7.84. The van der Waals surface area contributed by atoms with Gasteiger partial charge in [0.15, 0.2) is 5.65 Å². The summed E-state index contributed by atoms with van der Waals surface area (Å²) in [4.78, 5) is 19.3. The Morgan fingerprint density at radius 3 is 2.94 bits per heavy atom. The molecule has 0 bridgehead atoms. The van der Waals surface area contributed by atoms with Gasteiger partial charge in [-0.15, -0.1) is 0 Å². The number of hydrogen-bond acceptors (Lipinski definition) is 8. The number of methoxy groups -OCH3 is 1. The average Bonchev–Trinajstić information content (AvgIpc) is 3.45. The van der Waals surface area contributed by atoms with Crippen molar-refractivity contribution < 1.29 is 9.47 Å². The Morgan fingerprint density at radius 2 is 2.10 bits per heavy atom. The molecule has 5 rings (SSSR count). The minimum atomic E-state index is 0.454. The zero-order valence-electron chi connectivity index (χ0n) is 16.9. The van der Waals surface area contributed by atoms with E-state index in [0.29, 0.717) is 37.3 Å². The molecule has 0 atom stereocenters. The Morgan fingerprint density at radius 1 is 1.23 bits per heavy atom. The van der Waals surface area contributed by atoms with E-state index >= 15 is 0 Å². The zero-order chi connectivity index (χ0) is 21.2. The summed E-state index contributed by atoms with van der Waals surface area (Å²) in [5.74, 6) is 2.83. The minimum absolute atomic E-state index is 0.454. The number of imidazole rings is 1. The summed E-state index contributed by atoms with van der Waals surface area (Å²) in [7, 11) is 1.66. The van der Waals surface area contributed by atoms with E-state index in [1.165, 1.54) is 0 Å². The molecule has 1 aromatic carbocycles. The maximum atomic E-state index is 5.45. The van der Waals surface area contributed by atoms with Crippen molar-refractivity contribution in [3.63, 3.8) is 0 Å². The van der Waals surface area contributed by atoms with E-state index in [9.17, 15) is 0 Å². The third-order valence-corrected chi connectivity index (χ3v) is 5.59. The average molecular weight is 485 g/mol. The maximum Gasteiger partial charge on any atom is 0.230 e. The van der Waals surface area contributed by atoms with Crippen LogP contribution in [0.5, 0.6) is 5.75 Å².